The van der Waals surface area contributed by atoms with Crippen LogP contribution in [0.1, 0.15) is 34.1 Å². The van der Waals surface area contributed by atoms with E-state index in [1.807, 2.05) is 20.8 Å². The summed E-state index contributed by atoms with van der Waals surface area (Å²) >= 11 is 11.9. The van der Waals surface area contributed by atoms with Gasteiger partial charge in [0.15, 0.2) is 0 Å². The van der Waals surface area contributed by atoms with Gasteiger partial charge in [-0.05, 0) is 34.1 Å². The molecule has 4 nitrogen and oxygen atoms in total. The summed E-state index contributed by atoms with van der Waals surface area (Å²) in [4.78, 5) is 25.2. The van der Waals surface area contributed by atoms with Crippen LogP contribution in [0, 0.1) is 5.41 Å². The number of rotatable bonds is 3. The van der Waals surface area contributed by atoms with Gasteiger partial charge in [0.25, 0.3) is 0 Å². The van der Waals surface area contributed by atoms with Gasteiger partial charge in [0.1, 0.15) is 4.33 Å². The van der Waals surface area contributed by atoms with E-state index in [9.17, 15) is 9.59 Å². The van der Waals surface area contributed by atoms with Crippen LogP contribution in [-0.4, -0.2) is 40.2 Å². The maximum absolute atomic E-state index is 12.1. The van der Waals surface area contributed by atoms with E-state index in [4.69, 9.17) is 23.2 Å². The van der Waals surface area contributed by atoms with Crippen LogP contribution in [0.2, 0.25) is 0 Å². The van der Waals surface area contributed by atoms with Crippen LogP contribution in [0.3, 0.4) is 0 Å². The summed E-state index contributed by atoms with van der Waals surface area (Å²) in [6, 6.07) is 0. The Hall–Kier alpha value is -0.480. The van der Waals surface area contributed by atoms with E-state index in [1.165, 1.54) is 4.90 Å². The molecule has 6 heteroatoms. The zero-order valence-electron chi connectivity index (χ0n) is 11.4. The Morgan fingerprint density at radius 3 is 2.11 bits per heavy atom. The lowest BCUT2D eigenvalue weighted by Crippen LogP contribution is -2.47. The smallest absolute Gasteiger partial charge is 0.240 e. The van der Waals surface area contributed by atoms with Crippen LogP contribution in [-0.2, 0) is 9.59 Å². The highest BCUT2D eigenvalue weighted by Gasteiger charge is 2.68. The molecule has 1 rings (SSSR count). The van der Waals surface area contributed by atoms with E-state index in [1.54, 1.807) is 14.0 Å². The van der Waals surface area contributed by atoms with E-state index < -0.39 is 9.75 Å². The van der Waals surface area contributed by atoms with Gasteiger partial charge in [0.05, 0.1) is 12.0 Å². The van der Waals surface area contributed by atoms with Crippen molar-refractivity contribution >= 4 is 35.0 Å². The molecule has 1 N–H and O–H groups in total. The van der Waals surface area contributed by atoms with Gasteiger partial charge in [-0.15, -0.1) is 23.2 Å². The zero-order chi connectivity index (χ0) is 14.4. The Kier molecular flexibility index (Phi) is 3.95. The molecule has 0 aromatic carbocycles. The van der Waals surface area contributed by atoms with Crippen molar-refractivity contribution in [3.05, 3.63) is 0 Å². The molecule has 0 spiro atoms. The maximum atomic E-state index is 12.1. The van der Waals surface area contributed by atoms with Crippen molar-refractivity contribution in [1.82, 2.24) is 10.2 Å². The molecule has 0 heterocycles. The largest absolute Gasteiger partial charge is 0.350 e. The third-order valence-corrected chi connectivity index (χ3v) is 4.07. The van der Waals surface area contributed by atoms with Crippen LogP contribution in [0.5, 0.6) is 0 Å². The Morgan fingerprint density at radius 2 is 1.78 bits per heavy atom. The molecule has 1 fully saturated rings. The molecule has 2 amide bonds. The van der Waals surface area contributed by atoms with E-state index >= 15 is 0 Å². The van der Waals surface area contributed by atoms with Crippen LogP contribution in [0.4, 0.5) is 0 Å². The van der Waals surface area contributed by atoms with Crippen molar-refractivity contribution in [1.29, 1.82) is 0 Å². The fourth-order valence-corrected chi connectivity index (χ4v) is 2.49. The second kappa shape index (κ2) is 4.57. The minimum Gasteiger partial charge on any atom is -0.350 e. The van der Waals surface area contributed by atoms with Crippen molar-refractivity contribution in [2.75, 3.05) is 13.6 Å². The number of likely N-dealkylation sites (N-methyl/N-ethyl adjacent to an activating group) is 1. The summed E-state index contributed by atoms with van der Waals surface area (Å²) in [6.07, 6.45) is 0.424. The Labute approximate surface area is 118 Å². The van der Waals surface area contributed by atoms with Gasteiger partial charge in [-0.3, -0.25) is 9.59 Å². The molecule has 0 aliphatic heterocycles. The normalized spacial score (nSPS) is 25.5. The lowest BCUT2D eigenvalue weighted by atomic mass is 10.1. The van der Waals surface area contributed by atoms with Crippen molar-refractivity contribution in [3.63, 3.8) is 0 Å². The number of halogens is 2. The number of hydrogen-bond donors (Lipinski definition) is 1. The van der Waals surface area contributed by atoms with Gasteiger partial charge in [-0.2, -0.15) is 0 Å². The molecule has 0 aromatic heterocycles. The van der Waals surface area contributed by atoms with Gasteiger partial charge in [-0.1, -0.05) is 0 Å². The number of carbonyl (C=O) groups excluding carboxylic acids is 2. The van der Waals surface area contributed by atoms with Crippen LogP contribution < -0.4 is 5.32 Å². The molecule has 0 aromatic rings. The maximum Gasteiger partial charge on any atom is 0.240 e. The van der Waals surface area contributed by atoms with Gasteiger partial charge < -0.3 is 10.2 Å². The summed E-state index contributed by atoms with van der Waals surface area (Å²) in [6.45, 7) is 7.38. The quantitative estimate of drug-likeness (QED) is 0.809. The lowest BCUT2D eigenvalue weighted by Gasteiger charge is -2.25. The minimum absolute atomic E-state index is 0.00948. The number of alkyl halides is 2. The second-order valence-electron chi connectivity index (χ2n) is 6.17. The molecule has 1 aliphatic carbocycles. The summed E-state index contributed by atoms with van der Waals surface area (Å²) in [5, 5.41) is 2.80. The van der Waals surface area contributed by atoms with Crippen molar-refractivity contribution in [2.45, 2.75) is 44.0 Å². The predicted molar refractivity (Wildman–Crippen MR) is 72.7 cm³/mol. The van der Waals surface area contributed by atoms with Gasteiger partial charge in [0.2, 0.25) is 11.8 Å². The molecule has 1 saturated carbocycles. The topological polar surface area (TPSA) is 49.4 Å². The second-order valence-corrected chi connectivity index (χ2v) is 7.66. The molecular formula is C12H20Cl2N2O2. The minimum atomic E-state index is -1.00. The Balaban J connectivity index is 2.55. The average Bonchev–Trinajstić information content (AvgIpc) is 2.62. The molecule has 104 valence electrons. The summed E-state index contributed by atoms with van der Waals surface area (Å²) in [5.41, 5.74) is -1.08. The fraction of sp³-hybridized carbons (Fsp3) is 0.833. The Morgan fingerprint density at radius 1 is 1.33 bits per heavy atom. The van der Waals surface area contributed by atoms with Crippen LogP contribution >= 0.6 is 23.2 Å². The van der Waals surface area contributed by atoms with E-state index in [0.717, 1.165) is 0 Å². The first kappa shape index (κ1) is 15.6. The van der Waals surface area contributed by atoms with Crippen molar-refractivity contribution in [2.24, 2.45) is 5.41 Å². The standard InChI is InChI=1S/C12H20Cl2N2O2/c1-10(2,3)15-8(17)6-16(5)9(18)11(4)7-12(11,13)14/h6-7H2,1-5H3,(H,15,17)/t11-/m0/s1. The Bertz CT molecular complexity index is 377. The third kappa shape index (κ3) is 3.29. The van der Waals surface area contributed by atoms with Crippen molar-refractivity contribution < 1.29 is 9.59 Å². The molecule has 0 unspecified atom stereocenters. The zero-order valence-corrected chi connectivity index (χ0v) is 12.9. The van der Waals surface area contributed by atoms with Gasteiger partial charge in [-0.25, -0.2) is 0 Å². The highest BCUT2D eigenvalue weighted by Crippen LogP contribution is 2.64. The molecule has 1 atom stereocenters. The average molecular weight is 295 g/mol. The van der Waals surface area contributed by atoms with Crippen LogP contribution in [0.25, 0.3) is 0 Å². The molecule has 1 aliphatic rings. The van der Waals surface area contributed by atoms with Crippen LogP contribution in [0.15, 0.2) is 0 Å². The number of hydrogen-bond acceptors (Lipinski definition) is 2. The van der Waals surface area contributed by atoms with Gasteiger partial charge in [0, 0.05) is 12.6 Å². The van der Waals surface area contributed by atoms with Gasteiger partial charge >= 0.3 is 0 Å². The first-order chi connectivity index (χ1) is 7.89. The lowest BCUT2D eigenvalue weighted by molar-refractivity contribution is -0.139. The summed E-state index contributed by atoms with van der Waals surface area (Å²) < 4.78 is -1.00. The number of nitrogens with zero attached hydrogens (tertiary/aromatic N) is 1. The molecular weight excluding hydrogens is 275 g/mol. The summed E-state index contributed by atoms with van der Waals surface area (Å²) in [7, 11) is 1.58. The number of amides is 2. The number of carbonyl (C=O) groups is 2. The summed E-state index contributed by atoms with van der Waals surface area (Å²) in [5.74, 6) is -0.395. The first-order valence-electron chi connectivity index (χ1n) is 5.83. The molecule has 0 bridgehead atoms. The van der Waals surface area contributed by atoms with E-state index in [2.05, 4.69) is 5.32 Å². The predicted octanol–water partition coefficient (Wildman–Crippen LogP) is 1.94. The molecule has 0 saturated heterocycles. The molecule has 18 heavy (non-hydrogen) atoms. The highest BCUT2D eigenvalue weighted by atomic mass is 35.5. The third-order valence-electron chi connectivity index (χ3n) is 2.97. The first-order valence-corrected chi connectivity index (χ1v) is 6.59. The monoisotopic (exact) mass is 294 g/mol. The highest BCUT2D eigenvalue weighted by molar-refractivity contribution is 6.53. The van der Waals surface area contributed by atoms with Crippen molar-refractivity contribution in [3.8, 4) is 0 Å². The van der Waals surface area contributed by atoms with E-state index in [0.29, 0.717) is 6.42 Å². The SMILES string of the molecule is CN(CC(=O)NC(C)(C)C)C(=O)[C@]1(C)CC1(Cl)Cl. The fourth-order valence-electron chi connectivity index (χ4n) is 1.80. The van der Waals surface area contributed by atoms with E-state index in [-0.39, 0.29) is 23.9 Å². The molecule has 0 radical (unpaired) electrons. The number of nitrogens with one attached hydrogen (secondary N) is 1.